The number of nitrogens with zero attached hydrogens (tertiary/aromatic N) is 1. The number of hydrogen-bond acceptors (Lipinski definition) is 3. The summed E-state index contributed by atoms with van der Waals surface area (Å²) in [5.41, 5.74) is 6.40. The lowest BCUT2D eigenvalue weighted by atomic mass is 9.91. The van der Waals surface area contributed by atoms with Gasteiger partial charge in [0.25, 0.3) is 0 Å². The van der Waals surface area contributed by atoms with Crippen LogP contribution in [0.25, 0.3) is 0 Å². The second-order valence-corrected chi connectivity index (χ2v) is 6.99. The van der Waals surface area contributed by atoms with Crippen LogP contribution in [0.15, 0.2) is 12.1 Å². The maximum Gasteiger partial charge on any atom is 0.238 e. The number of benzene rings is 1. The average molecular weight is 365 g/mol. The second kappa shape index (κ2) is 7.84. The molecule has 7 heteroatoms. The first-order chi connectivity index (χ1) is 10.4. The Morgan fingerprint density at radius 3 is 2.45 bits per heavy atom. The number of nitrogens with one attached hydrogen (secondary N) is 1. The molecule has 0 radical (unpaired) electrons. The zero-order valence-electron chi connectivity index (χ0n) is 12.4. The van der Waals surface area contributed by atoms with Crippen molar-refractivity contribution in [1.82, 2.24) is 4.90 Å². The molecule has 2 rings (SSSR count). The van der Waals surface area contributed by atoms with Crippen molar-refractivity contribution < 1.29 is 4.79 Å². The van der Waals surface area contributed by atoms with Gasteiger partial charge in [-0.25, -0.2) is 0 Å². The Hall–Kier alpha value is -0.520. The second-order valence-electron chi connectivity index (χ2n) is 5.77. The fourth-order valence-electron chi connectivity index (χ4n) is 2.65. The Morgan fingerprint density at radius 2 is 1.86 bits per heavy atom. The van der Waals surface area contributed by atoms with Gasteiger partial charge in [-0.15, -0.1) is 0 Å². The molecular weight excluding hydrogens is 345 g/mol. The minimum absolute atomic E-state index is 0.112. The molecule has 0 aliphatic carbocycles. The van der Waals surface area contributed by atoms with E-state index in [1.54, 1.807) is 6.07 Å². The topological polar surface area (TPSA) is 58.4 Å². The van der Waals surface area contributed by atoms with Crippen molar-refractivity contribution in [3.05, 3.63) is 27.2 Å². The van der Waals surface area contributed by atoms with Crippen LogP contribution < -0.4 is 11.1 Å². The van der Waals surface area contributed by atoms with E-state index in [2.05, 4.69) is 10.2 Å². The molecule has 4 nitrogen and oxygen atoms in total. The number of amides is 1. The van der Waals surface area contributed by atoms with E-state index in [9.17, 15) is 4.79 Å². The van der Waals surface area contributed by atoms with Crippen molar-refractivity contribution >= 4 is 46.4 Å². The van der Waals surface area contributed by atoms with Crippen molar-refractivity contribution in [1.29, 1.82) is 0 Å². The lowest BCUT2D eigenvalue weighted by Crippen LogP contribution is -2.42. The first kappa shape index (κ1) is 17.8. The van der Waals surface area contributed by atoms with E-state index in [0.717, 1.165) is 25.9 Å². The summed E-state index contributed by atoms with van der Waals surface area (Å²) in [4.78, 5) is 14.3. The summed E-state index contributed by atoms with van der Waals surface area (Å²) in [6.45, 7) is 4.14. The number of hydrogen-bond donors (Lipinski definition) is 2. The SMILES string of the molecule is CC(N)C1CCN(CC(=O)Nc2cc(Cl)c(Cl)cc2Cl)CC1. The average Bonchev–Trinajstić information content (AvgIpc) is 2.45. The summed E-state index contributed by atoms with van der Waals surface area (Å²) >= 11 is 17.9. The highest BCUT2D eigenvalue weighted by Gasteiger charge is 2.23. The normalized spacial score (nSPS) is 18.2. The monoisotopic (exact) mass is 363 g/mol. The third-order valence-corrected chi connectivity index (χ3v) is 5.06. The van der Waals surface area contributed by atoms with Gasteiger partial charge >= 0.3 is 0 Å². The van der Waals surface area contributed by atoms with Gasteiger partial charge in [0.15, 0.2) is 0 Å². The van der Waals surface area contributed by atoms with Crippen LogP contribution in [0.4, 0.5) is 5.69 Å². The molecule has 1 aliphatic heterocycles. The van der Waals surface area contributed by atoms with Crippen molar-refractivity contribution in [3.63, 3.8) is 0 Å². The molecule has 0 spiro atoms. The van der Waals surface area contributed by atoms with E-state index in [4.69, 9.17) is 40.5 Å². The predicted molar refractivity (Wildman–Crippen MR) is 92.9 cm³/mol. The molecule has 0 saturated carbocycles. The minimum Gasteiger partial charge on any atom is -0.328 e. The van der Waals surface area contributed by atoms with Crippen molar-refractivity contribution in [3.8, 4) is 0 Å². The van der Waals surface area contributed by atoms with Crippen LogP contribution >= 0.6 is 34.8 Å². The number of likely N-dealkylation sites (tertiary alicyclic amines) is 1. The summed E-state index contributed by atoms with van der Waals surface area (Å²) in [6.07, 6.45) is 2.05. The van der Waals surface area contributed by atoms with Crippen molar-refractivity contribution in [2.45, 2.75) is 25.8 Å². The molecule has 122 valence electrons. The van der Waals surface area contributed by atoms with E-state index in [1.165, 1.54) is 6.07 Å². The summed E-state index contributed by atoms with van der Waals surface area (Å²) in [6, 6.07) is 3.30. The van der Waals surface area contributed by atoms with E-state index in [1.807, 2.05) is 6.92 Å². The molecule has 1 aliphatic rings. The number of nitrogens with two attached hydrogens (primary N) is 1. The maximum atomic E-state index is 12.1. The predicted octanol–water partition coefficient (Wildman–Crippen LogP) is 3.64. The van der Waals surface area contributed by atoms with E-state index in [0.29, 0.717) is 33.2 Å². The highest BCUT2D eigenvalue weighted by atomic mass is 35.5. The Morgan fingerprint density at radius 1 is 1.27 bits per heavy atom. The molecule has 1 heterocycles. The largest absolute Gasteiger partial charge is 0.328 e. The van der Waals surface area contributed by atoms with Crippen LogP contribution in [-0.2, 0) is 4.79 Å². The minimum atomic E-state index is -0.112. The standard InChI is InChI=1S/C15H20Cl3N3O/c1-9(19)10-2-4-21(5-3-10)8-15(22)20-14-7-12(17)11(16)6-13(14)18/h6-7,9-10H,2-5,8,19H2,1H3,(H,20,22). The molecule has 1 unspecified atom stereocenters. The smallest absolute Gasteiger partial charge is 0.238 e. The summed E-state index contributed by atoms with van der Waals surface area (Å²) < 4.78 is 0. The molecule has 22 heavy (non-hydrogen) atoms. The summed E-state index contributed by atoms with van der Waals surface area (Å²) in [5.74, 6) is 0.434. The third-order valence-electron chi connectivity index (χ3n) is 4.03. The first-order valence-corrected chi connectivity index (χ1v) is 8.42. The van der Waals surface area contributed by atoms with Gasteiger partial charge in [-0.1, -0.05) is 34.8 Å². The first-order valence-electron chi connectivity index (χ1n) is 7.29. The summed E-state index contributed by atoms with van der Waals surface area (Å²) in [7, 11) is 0. The molecule has 1 atom stereocenters. The number of carbonyl (C=O) groups excluding carboxylic acids is 1. The van der Waals surface area contributed by atoms with Crippen molar-refractivity contribution in [2.24, 2.45) is 11.7 Å². The molecule has 3 N–H and O–H groups in total. The molecule has 0 bridgehead atoms. The van der Waals surface area contributed by atoms with Crippen LogP contribution in [-0.4, -0.2) is 36.5 Å². The number of piperidine rings is 1. The summed E-state index contributed by atoms with van der Waals surface area (Å²) in [5, 5.41) is 3.88. The zero-order chi connectivity index (χ0) is 16.3. The highest BCUT2D eigenvalue weighted by molar-refractivity contribution is 6.44. The molecule has 0 aromatic heterocycles. The number of halogens is 3. The maximum absolute atomic E-state index is 12.1. The third kappa shape index (κ3) is 4.74. The number of rotatable bonds is 4. The lowest BCUT2D eigenvalue weighted by Gasteiger charge is -2.33. The molecule has 1 saturated heterocycles. The van der Waals surface area contributed by atoms with Crippen LogP contribution in [0.3, 0.4) is 0 Å². The fraction of sp³-hybridized carbons (Fsp3) is 0.533. The lowest BCUT2D eigenvalue weighted by molar-refractivity contribution is -0.117. The molecule has 1 aromatic carbocycles. The Labute approximate surface area is 145 Å². The van der Waals surface area contributed by atoms with Gasteiger partial charge in [0.1, 0.15) is 0 Å². The van der Waals surface area contributed by atoms with Gasteiger partial charge in [0, 0.05) is 6.04 Å². The quantitative estimate of drug-likeness (QED) is 0.802. The van der Waals surface area contributed by atoms with Gasteiger partial charge in [0.05, 0.1) is 27.3 Å². The van der Waals surface area contributed by atoms with E-state index >= 15 is 0 Å². The van der Waals surface area contributed by atoms with Gasteiger partial charge in [-0.05, 0) is 50.9 Å². The van der Waals surface area contributed by atoms with Gasteiger partial charge in [-0.2, -0.15) is 0 Å². The highest BCUT2D eigenvalue weighted by Crippen LogP contribution is 2.32. The van der Waals surface area contributed by atoms with Crippen molar-refractivity contribution in [2.75, 3.05) is 25.0 Å². The van der Waals surface area contributed by atoms with Crippen LogP contribution in [0.2, 0.25) is 15.1 Å². The molecule has 1 aromatic rings. The molecule has 1 fully saturated rings. The zero-order valence-corrected chi connectivity index (χ0v) is 14.7. The number of carbonyl (C=O) groups is 1. The fourth-order valence-corrected chi connectivity index (χ4v) is 3.24. The van der Waals surface area contributed by atoms with Crippen LogP contribution in [0.1, 0.15) is 19.8 Å². The Balaban J connectivity index is 1.88. The van der Waals surface area contributed by atoms with E-state index in [-0.39, 0.29) is 11.9 Å². The van der Waals surface area contributed by atoms with E-state index < -0.39 is 0 Å². The Kier molecular flexibility index (Phi) is 6.36. The van der Waals surface area contributed by atoms with Gasteiger partial charge in [-0.3, -0.25) is 9.69 Å². The molecule has 1 amide bonds. The van der Waals surface area contributed by atoms with Gasteiger partial charge < -0.3 is 11.1 Å². The van der Waals surface area contributed by atoms with Crippen LogP contribution in [0, 0.1) is 5.92 Å². The Bertz CT molecular complexity index is 543. The molecular formula is C15H20Cl3N3O. The van der Waals surface area contributed by atoms with Gasteiger partial charge in [0.2, 0.25) is 5.91 Å². The van der Waals surface area contributed by atoms with Crippen LogP contribution in [0.5, 0.6) is 0 Å². The number of anilines is 1.